The molecule has 1 heterocycles. The van der Waals surface area contributed by atoms with Crippen molar-refractivity contribution in [2.75, 3.05) is 13.7 Å². The third-order valence-corrected chi connectivity index (χ3v) is 3.19. The Kier molecular flexibility index (Phi) is 3.81. The molecule has 0 saturated carbocycles. The first-order chi connectivity index (χ1) is 9.36. The molecule has 1 aromatic heterocycles. The second-order valence-corrected chi connectivity index (χ2v) is 5.81. The summed E-state index contributed by atoms with van der Waals surface area (Å²) >= 11 is 0. The number of ether oxygens (including phenoxy) is 1. The smallest absolute Gasteiger partial charge is 0.337 e. The number of benzene rings is 1. The van der Waals surface area contributed by atoms with Crippen LogP contribution in [0.3, 0.4) is 0 Å². The largest absolute Gasteiger partial charge is 0.478 e. The first-order valence-corrected chi connectivity index (χ1v) is 6.58. The molecule has 0 aliphatic heterocycles. The Balaban J connectivity index is 2.75. The average molecular weight is 276 g/mol. The van der Waals surface area contributed by atoms with Gasteiger partial charge in [0, 0.05) is 19.1 Å². The highest BCUT2D eigenvalue weighted by Crippen LogP contribution is 2.28. The summed E-state index contributed by atoms with van der Waals surface area (Å²) in [4.78, 5) is 16.1. The normalized spacial score (nSPS) is 12.0. The summed E-state index contributed by atoms with van der Waals surface area (Å²) in [7, 11) is 1.63. The van der Waals surface area contributed by atoms with Crippen molar-refractivity contribution in [1.29, 1.82) is 0 Å². The Hall–Kier alpha value is -1.88. The molecule has 0 amide bonds. The van der Waals surface area contributed by atoms with E-state index in [9.17, 15) is 9.90 Å². The minimum absolute atomic E-state index is 0.164. The standard InChI is InChI=1S/C15H20N2O3/c1-15(2,3)14-16-11-7-5-6-10(13(18)19)12(11)17(14)8-9-20-4/h5-7H,8-9H2,1-4H3,(H,18,19). The van der Waals surface area contributed by atoms with Crippen LogP contribution in [0.5, 0.6) is 0 Å². The fraction of sp³-hybridized carbons (Fsp3) is 0.467. The van der Waals surface area contributed by atoms with E-state index in [0.717, 1.165) is 5.82 Å². The molecule has 2 aromatic rings. The van der Waals surface area contributed by atoms with Crippen LogP contribution in [0, 0.1) is 0 Å². The predicted molar refractivity (Wildman–Crippen MR) is 77.3 cm³/mol. The number of aromatic carboxylic acids is 1. The van der Waals surface area contributed by atoms with Gasteiger partial charge in [-0.05, 0) is 12.1 Å². The highest BCUT2D eigenvalue weighted by Gasteiger charge is 2.25. The quantitative estimate of drug-likeness (QED) is 0.932. The molecule has 1 N–H and O–H groups in total. The SMILES string of the molecule is COCCn1c(C(C)(C)C)nc2cccc(C(=O)O)c21. The highest BCUT2D eigenvalue weighted by molar-refractivity contribution is 6.01. The van der Waals surface area contributed by atoms with Crippen LogP contribution < -0.4 is 0 Å². The molecule has 0 unspecified atom stereocenters. The fourth-order valence-corrected chi connectivity index (χ4v) is 2.33. The van der Waals surface area contributed by atoms with Crippen LogP contribution >= 0.6 is 0 Å². The van der Waals surface area contributed by atoms with Gasteiger partial charge in [-0.1, -0.05) is 26.8 Å². The van der Waals surface area contributed by atoms with E-state index in [4.69, 9.17) is 4.74 Å². The van der Waals surface area contributed by atoms with Gasteiger partial charge in [-0.15, -0.1) is 0 Å². The number of para-hydroxylation sites is 1. The number of imidazole rings is 1. The summed E-state index contributed by atoms with van der Waals surface area (Å²) in [5, 5.41) is 9.37. The predicted octanol–water partition coefficient (Wildman–Crippen LogP) is 2.68. The zero-order chi connectivity index (χ0) is 14.9. The monoisotopic (exact) mass is 276 g/mol. The van der Waals surface area contributed by atoms with Crippen molar-refractivity contribution in [3.05, 3.63) is 29.6 Å². The maximum atomic E-state index is 11.4. The van der Waals surface area contributed by atoms with Crippen molar-refractivity contribution in [3.8, 4) is 0 Å². The lowest BCUT2D eigenvalue weighted by Crippen LogP contribution is -2.21. The summed E-state index contributed by atoms with van der Waals surface area (Å²) in [6.45, 7) is 7.31. The van der Waals surface area contributed by atoms with Crippen LogP contribution in [0.2, 0.25) is 0 Å². The van der Waals surface area contributed by atoms with Crippen LogP contribution in [-0.4, -0.2) is 34.3 Å². The second kappa shape index (κ2) is 5.25. The second-order valence-electron chi connectivity index (χ2n) is 5.81. The number of aromatic nitrogens is 2. The number of carboxylic acid groups (broad SMARTS) is 1. The molecule has 0 saturated heterocycles. The lowest BCUT2D eigenvalue weighted by atomic mass is 9.95. The third-order valence-electron chi connectivity index (χ3n) is 3.19. The van der Waals surface area contributed by atoms with Crippen molar-refractivity contribution in [2.45, 2.75) is 32.7 Å². The Bertz CT molecular complexity index is 638. The highest BCUT2D eigenvalue weighted by atomic mass is 16.5. The maximum Gasteiger partial charge on any atom is 0.337 e. The van der Waals surface area contributed by atoms with Gasteiger partial charge in [-0.25, -0.2) is 9.78 Å². The minimum Gasteiger partial charge on any atom is -0.478 e. The van der Waals surface area contributed by atoms with E-state index < -0.39 is 5.97 Å². The van der Waals surface area contributed by atoms with Gasteiger partial charge in [0.25, 0.3) is 0 Å². The third kappa shape index (κ3) is 2.54. The molecule has 108 valence electrons. The van der Waals surface area contributed by atoms with Crippen LogP contribution in [0.4, 0.5) is 0 Å². The zero-order valence-electron chi connectivity index (χ0n) is 12.3. The van der Waals surface area contributed by atoms with E-state index in [2.05, 4.69) is 25.8 Å². The topological polar surface area (TPSA) is 64.4 Å². The molecule has 2 rings (SSSR count). The summed E-state index contributed by atoms with van der Waals surface area (Å²) < 4.78 is 7.10. The van der Waals surface area contributed by atoms with E-state index in [-0.39, 0.29) is 11.0 Å². The molecule has 20 heavy (non-hydrogen) atoms. The molecule has 0 radical (unpaired) electrons. The van der Waals surface area contributed by atoms with Crippen LogP contribution in [0.25, 0.3) is 11.0 Å². The number of rotatable bonds is 4. The molecular weight excluding hydrogens is 256 g/mol. The maximum absolute atomic E-state index is 11.4. The molecule has 0 aliphatic carbocycles. The molecular formula is C15H20N2O3. The molecule has 0 aliphatic rings. The number of methoxy groups -OCH3 is 1. The fourth-order valence-electron chi connectivity index (χ4n) is 2.33. The van der Waals surface area contributed by atoms with Crippen molar-refractivity contribution in [3.63, 3.8) is 0 Å². The van der Waals surface area contributed by atoms with E-state index in [1.807, 2.05) is 10.6 Å². The molecule has 5 nitrogen and oxygen atoms in total. The summed E-state index contributed by atoms with van der Waals surface area (Å²) in [5.41, 5.74) is 1.50. The zero-order valence-corrected chi connectivity index (χ0v) is 12.3. The molecule has 0 spiro atoms. The first-order valence-electron chi connectivity index (χ1n) is 6.58. The summed E-state index contributed by atoms with van der Waals surface area (Å²) in [6.07, 6.45) is 0. The van der Waals surface area contributed by atoms with E-state index in [1.54, 1.807) is 19.2 Å². The first kappa shape index (κ1) is 14.5. The number of nitrogens with zero attached hydrogens (tertiary/aromatic N) is 2. The Labute approximate surface area is 118 Å². The molecule has 5 heteroatoms. The number of hydrogen-bond acceptors (Lipinski definition) is 3. The van der Waals surface area contributed by atoms with Crippen molar-refractivity contribution >= 4 is 17.0 Å². The van der Waals surface area contributed by atoms with Gasteiger partial charge in [0.05, 0.1) is 23.2 Å². The van der Waals surface area contributed by atoms with Crippen LogP contribution in [0.15, 0.2) is 18.2 Å². The Morgan fingerprint density at radius 2 is 2.10 bits per heavy atom. The minimum atomic E-state index is -0.936. The molecule has 0 fully saturated rings. The van der Waals surface area contributed by atoms with E-state index >= 15 is 0 Å². The van der Waals surface area contributed by atoms with Gasteiger partial charge < -0.3 is 14.4 Å². The van der Waals surface area contributed by atoms with Gasteiger partial charge in [0.2, 0.25) is 0 Å². The number of fused-ring (bicyclic) bond motifs is 1. The summed E-state index contributed by atoms with van der Waals surface area (Å²) in [5.74, 6) is -0.0622. The van der Waals surface area contributed by atoms with E-state index in [0.29, 0.717) is 24.2 Å². The van der Waals surface area contributed by atoms with Crippen molar-refractivity contribution in [1.82, 2.24) is 9.55 Å². The lowest BCUT2D eigenvalue weighted by molar-refractivity contribution is 0.0698. The molecule has 0 atom stereocenters. The summed E-state index contributed by atoms with van der Waals surface area (Å²) in [6, 6.07) is 5.19. The van der Waals surface area contributed by atoms with Crippen LogP contribution in [-0.2, 0) is 16.7 Å². The van der Waals surface area contributed by atoms with Crippen molar-refractivity contribution < 1.29 is 14.6 Å². The number of carbonyl (C=O) groups is 1. The lowest BCUT2D eigenvalue weighted by Gasteiger charge is -2.20. The van der Waals surface area contributed by atoms with Gasteiger partial charge in [0.1, 0.15) is 5.82 Å². The van der Waals surface area contributed by atoms with E-state index in [1.165, 1.54) is 0 Å². The van der Waals surface area contributed by atoms with Crippen LogP contribution in [0.1, 0.15) is 37.0 Å². The Morgan fingerprint density at radius 3 is 2.65 bits per heavy atom. The number of hydrogen-bond donors (Lipinski definition) is 1. The molecule has 0 bridgehead atoms. The average Bonchev–Trinajstić information content (AvgIpc) is 2.74. The number of carboxylic acids is 1. The molecule has 1 aromatic carbocycles. The van der Waals surface area contributed by atoms with Gasteiger partial charge in [-0.3, -0.25) is 0 Å². The van der Waals surface area contributed by atoms with Gasteiger partial charge >= 0.3 is 5.97 Å². The van der Waals surface area contributed by atoms with Crippen molar-refractivity contribution in [2.24, 2.45) is 0 Å². The van der Waals surface area contributed by atoms with Gasteiger partial charge in [0.15, 0.2) is 0 Å². The van der Waals surface area contributed by atoms with Gasteiger partial charge in [-0.2, -0.15) is 0 Å². The Morgan fingerprint density at radius 1 is 1.40 bits per heavy atom.